The van der Waals surface area contributed by atoms with Crippen LogP contribution in [-0.4, -0.2) is 68.7 Å². The second-order valence-corrected chi connectivity index (χ2v) is 11.6. The van der Waals surface area contributed by atoms with E-state index in [4.69, 9.17) is 30.1 Å². The molecule has 4 unspecified atom stereocenters. The summed E-state index contributed by atoms with van der Waals surface area (Å²) >= 11 is 0. The van der Waals surface area contributed by atoms with E-state index in [1.807, 2.05) is 6.07 Å². The van der Waals surface area contributed by atoms with Crippen molar-refractivity contribution in [1.29, 1.82) is 0 Å². The number of rotatable bonds is 13. The minimum absolute atomic E-state index is 0.217. The van der Waals surface area contributed by atoms with Gasteiger partial charge in [0.2, 0.25) is 11.2 Å². The van der Waals surface area contributed by atoms with Crippen LogP contribution in [0.25, 0.3) is 0 Å². The van der Waals surface area contributed by atoms with Crippen molar-refractivity contribution in [2.45, 2.75) is 50.1 Å². The Labute approximate surface area is 310 Å². The predicted octanol–water partition coefficient (Wildman–Crippen LogP) is 5.37. The zero-order valence-corrected chi connectivity index (χ0v) is 30.3. The van der Waals surface area contributed by atoms with Crippen molar-refractivity contribution in [2.75, 3.05) is 14.2 Å². The summed E-state index contributed by atoms with van der Waals surface area (Å²) in [7, 11) is 2.67. The molecule has 0 radical (unpaired) electrons. The highest BCUT2D eigenvalue weighted by Crippen LogP contribution is 2.27. The molecule has 290 valence electrons. The van der Waals surface area contributed by atoms with Crippen LogP contribution in [0.5, 0.6) is 0 Å². The lowest BCUT2D eigenvalue weighted by molar-refractivity contribution is -0.778. The summed E-state index contributed by atoms with van der Waals surface area (Å²) in [4.78, 5) is 67.1. The van der Waals surface area contributed by atoms with Gasteiger partial charge in [0.1, 0.15) is 0 Å². The lowest BCUT2D eigenvalue weighted by Crippen LogP contribution is -2.37. The number of carbonyl (C=O) groups is 4. The van der Waals surface area contributed by atoms with Gasteiger partial charge in [0, 0.05) is 7.11 Å². The number of carboxylic acid groups (broad SMARTS) is 4. The predicted molar refractivity (Wildman–Crippen MR) is 191 cm³/mol. The molecule has 0 bridgehead atoms. The summed E-state index contributed by atoms with van der Waals surface area (Å²) in [5.41, 5.74) is -4.69. The third kappa shape index (κ3) is 12.5. The van der Waals surface area contributed by atoms with E-state index in [0.29, 0.717) is 16.7 Å². The summed E-state index contributed by atoms with van der Waals surface area (Å²) in [6.45, 7) is 5.36. The van der Waals surface area contributed by atoms with Crippen LogP contribution in [-0.2, 0) is 60.9 Å². The highest BCUT2D eigenvalue weighted by Gasteiger charge is 2.40. The number of nitrogens with zero attached hydrogens (tertiary/aromatic N) is 1. The Bertz CT molecular complexity index is 1790. The van der Waals surface area contributed by atoms with Crippen molar-refractivity contribution in [3.8, 4) is 0 Å². The first kappa shape index (κ1) is 45.8. The zero-order valence-electron chi connectivity index (χ0n) is 30.3. The number of methoxy groups -OCH3 is 1. The van der Waals surface area contributed by atoms with Crippen LogP contribution in [0, 0.1) is 10.1 Å². The summed E-state index contributed by atoms with van der Waals surface area (Å²) in [5.74, 6) is -4.73. The molecule has 0 saturated heterocycles. The normalized spacial score (nSPS) is 14.6. The molecule has 16 heteroatoms. The molecule has 0 aromatic heterocycles. The van der Waals surface area contributed by atoms with Gasteiger partial charge in [-0.1, -0.05) is 121 Å². The van der Waals surface area contributed by atoms with E-state index < -0.39 is 51.4 Å². The Kier molecular flexibility index (Phi) is 17.6. The second-order valence-electron chi connectivity index (χ2n) is 11.6. The summed E-state index contributed by atoms with van der Waals surface area (Å²) in [6.07, 6.45) is 0. The van der Waals surface area contributed by atoms with Gasteiger partial charge in [-0.25, -0.2) is 29.0 Å². The number of ether oxygens (including phenoxy) is 1. The molecule has 0 heterocycles. The van der Waals surface area contributed by atoms with Gasteiger partial charge < -0.3 is 30.3 Å². The first-order valence-corrected chi connectivity index (χ1v) is 15.7. The third-order valence-electron chi connectivity index (χ3n) is 7.87. The van der Waals surface area contributed by atoms with Crippen LogP contribution in [0.2, 0.25) is 0 Å². The smallest absolute Gasteiger partial charge is 0.343 e. The molecule has 16 nitrogen and oxygen atoms in total. The fourth-order valence-electron chi connectivity index (χ4n) is 4.22. The molecular formula is C38H43NO15. The number of carboxylic acids is 4. The molecule has 0 fully saturated rings. The van der Waals surface area contributed by atoms with E-state index in [1.165, 1.54) is 47.1 Å². The Balaban J connectivity index is 0.000000361. The highest BCUT2D eigenvalue weighted by atomic mass is 17.2. The number of hydrogen-bond donors (Lipinski definition) is 5. The molecule has 4 atom stereocenters. The molecule has 0 amide bonds. The first-order valence-electron chi connectivity index (χ1n) is 15.7. The Morgan fingerprint density at radius 3 is 1.07 bits per heavy atom. The first-order chi connectivity index (χ1) is 25.2. The number of aliphatic hydroxyl groups is 1. The molecular weight excluding hydrogens is 710 g/mol. The molecule has 0 aliphatic heterocycles. The number of benzene rings is 4. The number of hydrogen-bond acceptors (Lipinski definition) is 11. The third-order valence-corrected chi connectivity index (χ3v) is 7.87. The van der Waals surface area contributed by atoms with Crippen LogP contribution in [0.1, 0.15) is 49.9 Å². The van der Waals surface area contributed by atoms with E-state index in [0.717, 1.165) is 6.92 Å². The molecule has 4 rings (SSSR count). The van der Waals surface area contributed by atoms with Crippen molar-refractivity contribution < 1.29 is 69.1 Å². The molecule has 0 spiro atoms. The van der Waals surface area contributed by atoms with Crippen LogP contribution in [0.15, 0.2) is 121 Å². The van der Waals surface area contributed by atoms with E-state index in [1.54, 1.807) is 103 Å². The quantitative estimate of drug-likeness (QED) is 0.0654. The fraction of sp³-hybridized carbons (Fsp3) is 0.263. The van der Waals surface area contributed by atoms with Gasteiger partial charge in [-0.05, 0) is 49.9 Å². The van der Waals surface area contributed by atoms with Gasteiger partial charge in [0.25, 0.3) is 5.09 Å². The van der Waals surface area contributed by atoms with Gasteiger partial charge in [0.15, 0.2) is 11.2 Å². The maximum atomic E-state index is 11.0. The standard InChI is InChI=1S/C10H12O4.C10H12O3.C9H9NO5.C9H10O3/c1-10(9(11)12,14-13-2)8-6-4-3-5-7-8;1-10(13-2,9(11)12)8-6-4-3-5-7-8;1-9(8(11)12,15-10(13)14)7-5-3-2-4-6-7;1-9(12,8(10)11)7-5-3-2-4-6-7/h3-7H,1-2H3,(H,11,12);3-7H,1-2H3,(H,11,12);2-6H,1H3,(H,11,12);2-6,12H,1H3,(H,10,11). The van der Waals surface area contributed by atoms with Crippen LogP contribution >= 0.6 is 0 Å². The van der Waals surface area contributed by atoms with Crippen LogP contribution < -0.4 is 0 Å². The van der Waals surface area contributed by atoms with Crippen molar-refractivity contribution in [1.82, 2.24) is 0 Å². The highest BCUT2D eigenvalue weighted by molar-refractivity contribution is 5.80. The van der Waals surface area contributed by atoms with E-state index in [2.05, 4.69) is 9.73 Å². The SMILES string of the molecule is CC(O)(C(=O)O)c1ccccc1.CC(O[N+](=O)[O-])(C(=O)O)c1ccccc1.COC(C)(C(=O)O)c1ccccc1.COOC(C)(C(=O)O)c1ccccc1. The van der Waals surface area contributed by atoms with Crippen LogP contribution in [0.4, 0.5) is 0 Å². The van der Waals surface area contributed by atoms with E-state index in [-0.39, 0.29) is 5.56 Å². The van der Waals surface area contributed by atoms with E-state index >= 15 is 0 Å². The summed E-state index contributed by atoms with van der Waals surface area (Å²) < 4.78 is 4.99. The molecule has 0 aliphatic carbocycles. The fourth-order valence-corrected chi connectivity index (χ4v) is 4.22. The average molecular weight is 754 g/mol. The zero-order chi connectivity index (χ0) is 41.2. The lowest BCUT2D eigenvalue weighted by atomic mass is 9.96. The average Bonchev–Trinajstić information content (AvgIpc) is 3.16. The maximum Gasteiger partial charge on any atom is 0.343 e. The van der Waals surface area contributed by atoms with Gasteiger partial charge in [0.05, 0.1) is 7.11 Å². The van der Waals surface area contributed by atoms with Crippen molar-refractivity contribution >= 4 is 23.9 Å². The van der Waals surface area contributed by atoms with Gasteiger partial charge in [-0.3, -0.25) is 4.84 Å². The Morgan fingerprint density at radius 2 is 0.815 bits per heavy atom. The molecule has 0 saturated carbocycles. The second kappa shape index (κ2) is 20.7. The van der Waals surface area contributed by atoms with Crippen molar-refractivity contribution in [2.24, 2.45) is 0 Å². The number of aliphatic carboxylic acids is 4. The van der Waals surface area contributed by atoms with Crippen LogP contribution in [0.3, 0.4) is 0 Å². The molecule has 5 N–H and O–H groups in total. The molecule has 54 heavy (non-hydrogen) atoms. The van der Waals surface area contributed by atoms with Crippen molar-refractivity contribution in [3.63, 3.8) is 0 Å². The minimum Gasteiger partial charge on any atom is -0.479 e. The van der Waals surface area contributed by atoms with Gasteiger partial charge >= 0.3 is 23.9 Å². The molecule has 4 aromatic rings. The Hall–Kier alpha value is -6.20. The Morgan fingerprint density at radius 1 is 0.519 bits per heavy atom. The topological polar surface area (TPSA) is 249 Å². The molecule has 0 aliphatic rings. The maximum absolute atomic E-state index is 11.0. The monoisotopic (exact) mass is 753 g/mol. The molecule has 4 aromatic carbocycles. The van der Waals surface area contributed by atoms with Crippen molar-refractivity contribution in [3.05, 3.63) is 154 Å². The van der Waals surface area contributed by atoms with E-state index in [9.17, 15) is 34.4 Å². The van der Waals surface area contributed by atoms with Gasteiger partial charge in [-0.15, -0.1) is 10.1 Å². The largest absolute Gasteiger partial charge is 0.479 e. The van der Waals surface area contributed by atoms with Gasteiger partial charge in [-0.2, -0.15) is 0 Å². The summed E-state index contributed by atoms with van der Waals surface area (Å²) in [6, 6.07) is 33.6. The minimum atomic E-state index is -1.97. The summed E-state index contributed by atoms with van der Waals surface area (Å²) in [5, 5.41) is 54.1. The lowest BCUT2D eigenvalue weighted by Gasteiger charge is -2.23.